The van der Waals surface area contributed by atoms with E-state index in [1.807, 2.05) is 6.07 Å². The molecule has 3 nitrogen and oxygen atoms in total. The number of hydrogen-bond acceptors (Lipinski definition) is 3. The molecule has 3 unspecified atom stereocenters. The van der Waals surface area contributed by atoms with E-state index in [2.05, 4.69) is 31.7 Å². The van der Waals surface area contributed by atoms with Gasteiger partial charge >= 0.3 is 0 Å². The Labute approximate surface area is 128 Å². The maximum absolute atomic E-state index is 10.4. The average Bonchev–Trinajstić information content (AvgIpc) is 2.82. The molecule has 2 aliphatic rings. The van der Waals surface area contributed by atoms with E-state index in [0.29, 0.717) is 29.7 Å². The van der Waals surface area contributed by atoms with Crippen molar-refractivity contribution in [1.82, 2.24) is 4.90 Å². The molecule has 0 radical (unpaired) electrons. The van der Waals surface area contributed by atoms with Gasteiger partial charge in [-0.15, -0.1) is 0 Å². The Morgan fingerprint density at radius 3 is 2.52 bits per heavy atom. The molecule has 116 valence electrons. The van der Waals surface area contributed by atoms with Gasteiger partial charge in [-0.2, -0.15) is 0 Å². The van der Waals surface area contributed by atoms with E-state index in [1.54, 1.807) is 0 Å². The predicted molar refractivity (Wildman–Crippen MR) is 86.6 cm³/mol. The largest absolute Gasteiger partial charge is 0.508 e. The Balaban J connectivity index is 1.83. The minimum atomic E-state index is 0.303. The van der Waals surface area contributed by atoms with Gasteiger partial charge < -0.3 is 10.8 Å². The van der Waals surface area contributed by atoms with Crippen LogP contribution in [0.3, 0.4) is 0 Å². The lowest BCUT2D eigenvalue weighted by Gasteiger charge is -2.37. The van der Waals surface area contributed by atoms with E-state index >= 15 is 0 Å². The molecule has 1 fully saturated rings. The molecule has 0 spiro atoms. The van der Waals surface area contributed by atoms with Gasteiger partial charge in [-0.1, -0.05) is 13.0 Å². The average molecular weight is 288 g/mol. The zero-order chi connectivity index (χ0) is 15.1. The first kappa shape index (κ1) is 14.9. The van der Waals surface area contributed by atoms with Gasteiger partial charge in [0.15, 0.2) is 0 Å². The highest BCUT2D eigenvalue weighted by atomic mass is 16.3. The molecule has 1 aromatic rings. The lowest BCUT2D eigenvalue weighted by Crippen LogP contribution is -2.41. The quantitative estimate of drug-likeness (QED) is 0.878. The van der Waals surface area contributed by atoms with E-state index in [0.717, 1.165) is 19.5 Å². The van der Waals surface area contributed by atoms with Crippen molar-refractivity contribution in [3.8, 4) is 5.75 Å². The third-order valence-corrected chi connectivity index (χ3v) is 5.64. The molecule has 0 amide bonds. The van der Waals surface area contributed by atoms with Crippen LogP contribution in [0.2, 0.25) is 0 Å². The number of benzene rings is 1. The molecule has 3 atom stereocenters. The van der Waals surface area contributed by atoms with Crippen LogP contribution in [0.4, 0.5) is 0 Å². The van der Waals surface area contributed by atoms with Crippen molar-refractivity contribution in [2.45, 2.75) is 58.0 Å². The highest BCUT2D eigenvalue weighted by Gasteiger charge is 2.37. The molecule has 3 rings (SSSR count). The number of piperidine rings is 1. The molecule has 21 heavy (non-hydrogen) atoms. The number of nitrogens with two attached hydrogens (primary N) is 1. The van der Waals surface area contributed by atoms with E-state index in [1.165, 1.54) is 29.5 Å². The first-order chi connectivity index (χ1) is 9.99. The van der Waals surface area contributed by atoms with Crippen LogP contribution in [-0.4, -0.2) is 29.1 Å². The number of phenols is 1. The molecule has 1 aliphatic heterocycles. The normalized spacial score (nSPS) is 28.6. The smallest absolute Gasteiger partial charge is 0.120 e. The van der Waals surface area contributed by atoms with E-state index in [9.17, 15) is 5.11 Å². The molecule has 1 aliphatic carbocycles. The van der Waals surface area contributed by atoms with Gasteiger partial charge in [-0.05, 0) is 75.2 Å². The summed E-state index contributed by atoms with van der Waals surface area (Å²) in [5.41, 5.74) is 9.95. The fraction of sp³-hybridized carbons (Fsp3) is 0.667. The van der Waals surface area contributed by atoms with E-state index in [4.69, 9.17) is 5.73 Å². The van der Waals surface area contributed by atoms with Crippen LogP contribution in [-0.2, 0) is 0 Å². The van der Waals surface area contributed by atoms with E-state index in [-0.39, 0.29) is 0 Å². The SMILES string of the molecule is Cc1ccc(O)c2c1C(C)CC2N1CCC(C(C)N)CC1. The summed E-state index contributed by atoms with van der Waals surface area (Å²) in [6.07, 6.45) is 3.51. The maximum Gasteiger partial charge on any atom is 0.120 e. The van der Waals surface area contributed by atoms with Crippen molar-refractivity contribution in [1.29, 1.82) is 0 Å². The van der Waals surface area contributed by atoms with Gasteiger partial charge in [-0.3, -0.25) is 4.90 Å². The number of fused-ring (bicyclic) bond motifs is 1. The molecule has 0 aromatic heterocycles. The third kappa shape index (κ3) is 2.58. The number of phenolic OH excluding ortho intramolecular Hbond substituents is 1. The minimum Gasteiger partial charge on any atom is -0.508 e. The first-order valence-corrected chi connectivity index (χ1v) is 8.31. The molecule has 0 saturated carbocycles. The molecule has 1 aromatic carbocycles. The summed E-state index contributed by atoms with van der Waals surface area (Å²) in [7, 11) is 0. The van der Waals surface area contributed by atoms with Crippen LogP contribution in [0.1, 0.15) is 61.8 Å². The highest BCUT2D eigenvalue weighted by Crippen LogP contribution is 2.49. The summed E-state index contributed by atoms with van der Waals surface area (Å²) >= 11 is 0. The minimum absolute atomic E-state index is 0.303. The fourth-order valence-electron chi connectivity index (χ4n) is 4.40. The zero-order valence-electron chi connectivity index (χ0n) is 13.5. The molecular weight excluding hydrogens is 260 g/mol. The predicted octanol–water partition coefficient (Wildman–Crippen LogP) is 3.31. The standard InChI is InChI=1S/C18H28N2O/c1-11-4-5-16(21)18-15(10-12(2)17(11)18)20-8-6-14(7-9-20)13(3)19/h4-5,12-15,21H,6-10,19H2,1-3H3. The number of aryl methyl sites for hydroxylation is 1. The van der Waals surface area contributed by atoms with Gasteiger partial charge in [0.2, 0.25) is 0 Å². The van der Waals surface area contributed by atoms with Gasteiger partial charge in [-0.25, -0.2) is 0 Å². The summed E-state index contributed by atoms with van der Waals surface area (Å²) in [4.78, 5) is 2.57. The molecule has 1 heterocycles. The van der Waals surface area contributed by atoms with Crippen LogP contribution in [0.25, 0.3) is 0 Å². The first-order valence-electron chi connectivity index (χ1n) is 8.31. The van der Waals surface area contributed by atoms with Crippen molar-refractivity contribution in [3.05, 3.63) is 28.8 Å². The van der Waals surface area contributed by atoms with Crippen molar-refractivity contribution in [2.75, 3.05) is 13.1 Å². The Morgan fingerprint density at radius 2 is 1.90 bits per heavy atom. The molecule has 3 heteroatoms. The van der Waals surface area contributed by atoms with Crippen LogP contribution >= 0.6 is 0 Å². The summed E-state index contributed by atoms with van der Waals surface area (Å²) in [6.45, 7) is 8.80. The summed E-state index contributed by atoms with van der Waals surface area (Å²) < 4.78 is 0. The van der Waals surface area contributed by atoms with Gasteiger partial charge in [0.1, 0.15) is 5.75 Å². The van der Waals surface area contributed by atoms with Crippen LogP contribution in [0.5, 0.6) is 5.75 Å². The zero-order valence-corrected chi connectivity index (χ0v) is 13.5. The van der Waals surface area contributed by atoms with Gasteiger partial charge in [0, 0.05) is 17.6 Å². The Kier molecular flexibility index (Phi) is 3.98. The van der Waals surface area contributed by atoms with Crippen LogP contribution in [0.15, 0.2) is 12.1 Å². The van der Waals surface area contributed by atoms with Gasteiger partial charge in [0.05, 0.1) is 0 Å². The summed E-state index contributed by atoms with van der Waals surface area (Å²) in [5.74, 6) is 1.69. The number of likely N-dealkylation sites (tertiary alicyclic amines) is 1. The Morgan fingerprint density at radius 1 is 1.24 bits per heavy atom. The summed E-state index contributed by atoms with van der Waals surface area (Å²) in [6, 6.07) is 4.62. The number of hydrogen-bond donors (Lipinski definition) is 2. The fourth-order valence-corrected chi connectivity index (χ4v) is 4.40. The summed E-state index contributed by atoms with van der Waals surface area (Å²) in [5, 5.41) is 10.4. The van der Waals surface area contributed by atoms with E-state index < -0.39 is 0 Å². The number of nitrogens with zero attached hydrogens (tertiary/aromatic N) is 1. The maximum atomic E-state index is 10.4. The lowest BCUT2D eigenvalue weighted by molar-refractivity contribution is 0.121. The second-order valence-electron chi connectivity index (χ2n) is 7.11. The monoisotopic (exact) mass is 288 g/mol. The van der Waals surface area contributed by atoms with Crippen molar-refractivity contribution in [3.63, 3.8) is 0 Å². The molecule has 3 N–H and O–H groups in total. The van der Waals surface area contributed by atoms with Crippen molar-refractivity contribution < 1.29 is 5.11 Å². The third-order valence-electron chi connectivity index (χ3n) is 5.64. The highest BCUT2D eigenvalue weighted by molar-refractivity contribution is 5.51. The van der Waals surface area contributed by atoms with Crippen molar-refractivity contribution >= 4 is 0 Å². The Bertz CT molecular complexity index is 518. The van der Waals surface area contributed by atoms with Crippen LogP contribution < -0.4 is 5.73 Å². The number of rotatable bonds is 2. The molecule has 0 bridgehead atoms. The lowest BCUT2D eigenvalue weighted by atomic mass is 9.89. The Hall–Kier alpha value is -1.06. The molecular formula is C18H28N2O. The van der Waals surface area contributed by atoms with Gasteiger partial charge in [0.25, 0.3) is 0 Å². The number of aromatic hydroxyl groups is 1. The molecule has 1 saturated heterocycles. The second kappa shape index (κ2) is 5.62. The van der Waals surface area contributed by atoms with Crippen LogP contribution in [0, 0.1) is 12.8 Å². The second-order valence-corrected chi connectivity index (χ2v) is 7.11. The van der Waals surface area contributed by atoms with Crippen molar-refractivity contribution in [2.24, 2.45) is 11.7 Å². The topological polar surface area (TPSA) is 49.5 Å².